The van der Waals surface area contributed by atoms with Crippen LogP contribution in [-0.4, -0.2) is 10.5 Å². The van der Waals surface area contributed by atoms with Crippen LogP contribution in [-0.2, 0) is 6.54 Å². The van der Waals surface area contributed by atoms with Gasteiger partial charge in [0.1, 0.15) is 11.4 Å². The van der Waals surface area contributed by atoms with Crippen molar-refractivity contribution in [2.24, 2.45) is 0 Å². The number of nitrogens with one attached hydrogen (secondary N) is 1. The number of pyridine rings is 1. The number of fused-ring (bicyclic) bond motifs is 1. The number of halogens is 2. The van der Waals surface area contributed by atoms with Gasteiger partial charge in [-0.2, -0.15) is 0 Å². The number of carbonyl (C=O) groups excluding carboxylic acids is 1. The van der Waals surface area contributed by atoms with Gasteiger partial charge >= 0.3 is 0 Å². The minimum atomic E-state index is -0.534. The number of hydrogen-bond donors (Lipinski definition) is 1. The van der Waals surface area contributed by atoms with Crippen molar-refractivity contribution in [3.63, 3.8) is 0 Å². The van der Waals surface area contributed by atoms with E-state index in [1.54, 1.807) is 12.1 Å². The summed E-state index contributed by atoms with van der Waals surface area (Å²) in [5, 5.41) is 3.63. The zero-order chi connectivity index (χ0) is 18.1. The Morgan fingerprint density at radius 1 is 1.20 bits per heavy atom. The Bertz CT molecular complexity index is 1030. The molecular formula is C19H16ClFN2O2. The maximum Gasteiger partial charge on any atom is 0.261 e. The van der Waals surface area contributed by atoms with E-state index in [0.717, 1.165) is 11.1 Å². The lowest BCUT2D eigenvalue weighted by Crippen LogP contribution is -2.24. The van der Waals surface area contributed by atoms with Crippen LogP contribution in [0.3, 0.4) is 0 Å². The number of hydrogen-bond acceptors (Lipinski definition) is 2. The Balaban J connectivity index is 2.12. The third-order valence-electron chi connectivity index (χ3n) is 4.11. The van der Waals surface area contributed by atoms with Gasteiger partial charge in [-0.15, -0.1) is 0 Å². The molecule has 1 heterocycles. The van der Waals surface area contributed by atoms with Gasteiger partial charge in [0.2, 0.25) is 5.43 Å². The fourth-order valence-electron chi connectivity index (χ4n) is 2.80. The van der Waals surface area contributed by atoms with E-state index >= 15 is 0 Å². The number of amides is 1. The van der Waals surface area contributed by atoms with Gasteiger partial charge < -0.3 is 9.88 Å². The van der Waals surface area contributed by atoms with Crippen molar-refractivity contribution in [1.29, 1.82) is 0 Å². The molecule has 0 radical (unpaired) electrons. The van der Waals surface area contributed by atoms with E-state index in [9.17, 15) is 14.0 Å². The van der Waals surface area contributed by atoms with E-state index in [4.69, 9.17) is 11.6 Å². The average molecular weight is 359 g/mol. The Morgan fingerprint density at radius 2 is 1.88 bits per heavy atom. The van der Waals surface area contributed by atoms with Crippen LogP contribution in [0.4, 0.5) is 10.1 Å². The quantitative estimate of drug-likeness (QED) is 0.755. The van der Waals surface area contributed by atoms with Crippen molar-refractivity contribution in [2.75, 3.05) is 5.32 Å². The molecule has 0 aliphatic carbocycles. The lowest BCUT2D eigenvalue weighted by Gasteiger charge is -2.14. The highest BCUT2D eigenvalue weighted by molar-refractivity contribution is 6.32. The predicted molar refractivity (Wildman–Crippen MR) is 98.0 cm³/mol. The zero-order valence-electron chi connectivity index (χ0n) is 13.8. The van der Waals surface area contributed by atoms with Gasteiger partial charge in [-0.05, 0) is 55.8 Å². The molecule has 0 saturated carbocycles. The minimum Gasteiger partial charge on any atom is -0.346 e. The molecule has 0 atom stereocenters. The van der Waals surface area contributed by atoms with Gasteiger partial charge in [-0.3, -0.25) is 9.59 Å². The number of carbonyl (C=O) groups is 1. The highest BCUT2D eigenvalue weighted by Crippen LogP contribution is 2.24. The number of anilines is 1. The van der Waals surface area contributed by atoms with Crippen molar-refractivity contribution in [2.45, 2.75) is 20.4 Å². The van der Waals surface area contributed by atoms with Crippen LogP contribution in [0.1, 0.15) is 22.8 Å². The monoisotopic (exact) mass is 358 g/mol. The van der Waals surface area contributed by atoms with Crippen molar-refractivity contribution >= 4 is 34.1 Å². The largest absolute Gasteiger partial charge is 0.346 e. The molecule has 0 aliphatic rings. The van der Waals surface area contributed by atoms with Gasteiger partial charge in [0.15, 0.2) is 0 Å². The molecule has 1 aromatic heterocycles. The van der Waals surface area contributed by atoms with Crippen LogP contribution in [0.15, 0.2) is 47.4 Å². The molecule has 0 fully saturated rings. The molecule has 0 saturated heterocycles. The SMILES string of the molecule is CCn1cc(C(=O)Nc2ccc(F)cc2)c(=O)c2ccc(Cl)c(C)c21. The molecule has 0 aliphatic heterocycles. The summed E-state index contributed by atoms with van der Waals surface area (Å²) < 4.78 is 14.8. The molecule has 25 heavy (non-hydrogen) atoms. The summed E-state index contributed by atoms with van der Waals surface area (Å²) in [6, 6.07) is 8.65. The van der Waals surface area contributed by atoms with Crippen LogP contribution in [0.25, 0.3) is 10.9 Å². The first-order valence-corrected chi connectivity index (χ1v) is 8.19. The van der Waals surface area contributed by atoms with Gasteiger partial charge in [0.05, 0.1) is 5.52 Å². The third kappa shape index (κ3) is 3.15. The molecule has 0 unspecified atom stereocenters. The van der Waals surface area contributed by atoms with Gasteiger partial charge in [0, 0.05) is 28.8 Å². The van der Waals surface area contributed by atoms with Gasteiger partial charge in [-0.1, -0.05) is 11.6 Å². The Kier molecular flexibility index (Phi) is 4.59. The first-order valence-electron chi connectivity index (χ1n) is 7.81. The highest BCUT2D eigenvalue weighted by Gasteiger charge is 2.17. The summed E-state index contributed by atoms with van der Waals surface area (Å²) >= 11 is 6.17. The normalized spacial score (nSPS) is 10.9. The second kappa shape index (κ2) is 6.69. The van der Waals surface area contributed by atoms with Crippen LogP contribution >= 0.6 is 11.6 Å². The number of benzene rings is 2. The van der Waals surface area contributed by atoms with Gasteiger partial charge in [0.25, 0.3) is 5.91 Å². The Morgan fingerprint density at radius 3 is 2.52 bits per heavy atom. The summed E-state index contributed by atoms with van der Waals surface area (Å²) in [7, 11) is 0. The van der Waals surface area contributed by atoms with E-state index < -0.39 is 11.7 Å². The average Bonchev–Trinajstić information content (AvgIpc) is 2.60. The molecule has 1 amide bonds. The first kappa shape index (κ1) is 17.2. The number of aryl methyl sites for hydroxylation is 2. The molecule has 0 bridgehead atoms. The zero-order valence-corrected chi connectivity index (χ0v) is 14.5. The fourth-order valence-corrected chi connectivity index (χ4v) is 2.95. The molecule has 6 heteroatoms. The van der Waals surface area contributed by atoms with E-state index in [2.05, 4.69) is 5.32 Å². The lowest BCUT2D eigenvalue weighted by molar-refractivity contribution is 0.102. The molecular weight excluding hydrogens is 343 g/mol. The lowest BCUT2D eigenvalue weighted by atomic mass is 10.1. The summed E-state index contributed by atoms with van der Waals surface area (Å²) in [5.41, 5.74) is 1.60. The summed E-state index contributed by atoms with van der Waals surface area (Å²) in [4.78, 5) is 25.3. The number of aromatic nitrogens is 1. The topological polar surface area (TPSA) is 51.1 Å². The van der Waals surface area contributed by atoms with Crippen molar-refractivity contribution in [3.8, 4) is 0 Å². The molecule has 4 nitrogen and oxygen atoms in total. The Hall–Kier alpha value is -2.66. The van der Waals surface area contributed by atoms with Crippen molar-refractivity contribution in [3.05, 3.63) is 74.8 Å². The van der Waals surface area contributed by atoms with E-state index in [1.165, 1.54) is 30.5 Å². The number of nitrogens with zero attached hydrogens (tertiary/aromatic N) is 1. The third-order valence-corrected chi connectivity index (χ3v) is 4.52. The molecule has 0 spiro atoms. The van der Waals surface area contributed by atoms with E-state index in [0.29, 0.717) is 22.6 Å². The highest BCUT2D eigenvalue weighted by atomic mass is 35.5. The second-order valence-corrected chi connectivity index (χ2v) is 6.09. The maximum absolute atomic E-state index is 13.0. The molecule has 3 aromatic rings. The molecule has 2 aromatic carbocycles. The van der Waals surface area contributed by atoms with Gasteiger partial charge in [-0.25, -0.2) is 4.39 Å². The molecule has 1 N–H and O–H groups in total. The summed E-state index contributed by atoms with van der Waals surface area (Å²) in [6.45, 7) is 4.34. The van der Waals surface area contributed by atoms with E-state index in [1.807, 2.05) is 18.4 Å². The van der Waals surface area contributed by atoms with Crippen LogP contribution in [0.5, 0.6) is 0 Å². The van der Waals surface area contributed by atoms with Crippen LogP contribution in [0, 0.1) is 12.7 Å². The fraction of sp³-hybridized carbons (Fsp3) is 0.158. The smallest absolute Gasteiger partial charge is 0.261 e. The summed E-state index contributed by atoms with van der Waals surface area (Å²) in [5.74, 6) is -0.933. The van der Waals surface area contributed by atoms with Crippen LogP contribution in [0.2, 0.25) is 5.02 Å². The van der Waals surface area contributed by atoms with Crippen LogP contribution < -0.4 is 10.7 Å². The standard InChI is InChI=1S/C19H16ClFN2O2/c1-3-23-10-15(19(25)22-13-6-4-12(21)5-7-13)18(24)14-8-9-16(20)11(2)17(14)23/h4-10H,3H2,1-2H3,(H,22,25). The first-order chi connectivity index (χ1) is 11.9. The molecule has 3 rings (SSSR count). The summed E-state index contributed by atoms with van der Waals surface area (Å²) in [6.07, 6.45) is 1.53. The van der Waals surface area contributed by atoms with Crippen molar-refractivity contribution in [1.82, 2.24) is 4.57 Å². The predicted octanol–water partition coefficient (Wildman–Crippen LogP) is 4.37. The maximum atomic E-state index is 13.0. The van der Waals surface area contributed by atoms with E-state index in [-0.39, 0.29) is 11.0 Å². The Labute approximate surface area is 148 Å². The second-order valence-electron chi connectivity index (χ2n) is 5.69. The molecule has 128 valence electrons. The van der Waals surface area contributed by atoms with Crippen molar-refractivity contribution < 1.29 is 9.18 Å². The number of rotatable bonds is 3. The minimum absolute atomic E-state index is 0.0281.